The van der Waals surface area contributed by atoms with Gasteiger partial charge in [0.15, 0.2) is 0 Å². The zero-order valence-electron chi connectivity index (χ0n) is 14.4. The van der Waals surface area contributed by atoms with Gasteiger partial charge in [0, 0.05) is 18.8 Å². The van der Waals surface area contributed by atoms with Gasteiger partial charge in [-0.05, 0) is 48.1 Å². The first-order chi connectivity index (χ1) is 12.3. The Balaban J connectivity index is 1.60. The molecule has 2 aromatic rings. The van der Waals surface area contributed by atoms with Crippen LogP contribution in [0.1, 0.15) is 29.2 Å². The van der Waals surface area contributed by atoms with Crippen LogP contribution in [0.25, 0.3) is 0 Å². The van der Waals surface area contributed by atoms with Gasteiger partial charge in [-0.1, -0.05) is 36.4 Å². The van der Waals surface area contributed by atoms with E-state index in [2.05, 4.69) is 23.5 Å². The molecule has 0 radical (unpaired) electrons. The number of hydrogen-bond donors (Lipinski definition) is 1. The predicted molar refractivity (Wildman–Crippen MR) is 98.7 cm³/mol. The first-order valence-electron chi connectivity index (χ1n) is 9.11. The lowest BCUT2D eigenvalue weighted by atomic mass is 10.0. The van der Waals surface area contributed by atoms with E-state index in [0.29, 0.717) is 26.3 Å². The molecule has 4 heteroatoms. The van der Waals surface area contributed by atoms with Gasteiger partial charge in [0.05, 0.1) is 13.2 Å². The molecule has 1 heterocycles. The molecule has 25 heavy (non-hydrogen) atoms. The van der Waals surface area contributed by atoms with Gasteiger partial charge in [-0.15, -0.1) is 0 Å². The molecular weight excluding hydrogens is 312 g/mol. The number of fused-ring (bicyclic) bond motifs is 1. The smallest absolute Gasteiger partial charge is 0.249 e. The molecule has 1 aliphatic carbocycles. The van der Waals surface area contributed by atoms with E-state index in [4.69, 9.17) is 4.74 Å². The van der Waals surface area contributed by atoms with Gasteiger partial charge in [0.1, 0.15) is 6.04 Å². The quantitative estimate of drug-likeness (QED) is 0.932. The van der Waals surface area contributed by atoms with E-state index in [1.807, 2.05) is 35.2 Å². The molecule has 0 saturated carbocycles. The first-order valence-corrected chi connectivity index (χ1v) is 9.11. The number of aryl methyl sites for hydroxylation is 2. The SMILES string of the molecule is O=C([C@H](Nc1ccc2c(c1)CCC2)c1ccccc1)N1CCOCC1. The van der Waals surface area contributed by atoms with Crippen molar-refractivity contribution in [3.05, 3.63) is 65.2 Å². The van der Waals surface area contributed by atoms with Crippen LogP contribution in [0, 0.1) is 0 Å². The highest BCUT2D eigenvalue weighted by Crippen LogP contribution is 2.28. The molecular formula is C21H24N2O2. The second-order valence-corrected chi connectivity index (χ2v) is 6.76. The monoisotopic (exact) mass is 336 g/mol. The average Bonchev–Trinajstić information content (AvgIpc) is 3.15. The lowest BCUT2D eigenvalue weighted by molar-refractivity contribution is -0.136. The summed E-state index contributed by atoms with van der Waals surface area (Å²) in [6.07, 6.45) is 3.54. The minimum Gasteiger partial charge on any atom is -0.378 e. The maximum atomic E-state index is 13.1. The fourth-order valence-electron chi connectivity index (χ4n) is 3.73. The standard InChI is InChI=1S/C21H24N2O2/c24-21(23-11-13-25-14-12-23)20(17-5-2-1-3-6-17)22-19-10-9-16-7-4-8-18(16)15-19/h1-3,5-6,9-10,15,20,22H,4,7-8,11-14H2/t20-/m1/s1. The fourth-order valence-corrected chi connectivity index (χ4v) is 3.73. The molecule has 1 fully saturated rings. The molecule has 0 spiro atoms. The van der Waals surface area contributed by atoms with Crippen LogP contribution in [0.5, 0.6) is 0 Å². The van der Waals surface area contributed by atoms with E-state index in [1.54, 1.807) is 0 Å². The van der Waals surface area contributed by atoms with Crippen LogP contribution in [-0.2, 0) is 22.4 Å². The lowest BCUT2D eigenvalue weighted by Crippen LogP contribution is -2.44. The molecule has 0 aromatic heterocycles. The van der Waals surface area contributed by atoms with E-state index in [0.717, 1.165) is 17.7 Å². The molecule has 4 nitrogen and oxygen atoms in total. The van der Waals surface area contributed by atoms with Gasteiger partial charge in [0.25, 0.3) is 0 Å². The molecule has 2 aromatic carbocycles. The van der Waals surface area contributed by atoms with Crippen LogP contribution < -0.4 is 5.32 Å². The van der Waals surface area contributed by atoms with E-state index in [9.17, 15) is 4.79 Å². The third-order valence-electron chi connectivity index (χ3n) is 5.11. The summed E-state index contributed by atoms with van der Waals surface area (Å²) in [7, 11) is 0. The lowest BCUT2D eigenvalue weighted by Gasteiger charge is -2.31. The van der Waals surface area contributed by atoms with Crippen LogP contribution in [0.2, 0.25) is 0 Å². The van der Waals surface area contributed by atoms with Gasteiger partial charge < -0.3 is 15.0 Å². The average molecular weight is 336 g/mol. The molecule has 130 valence electrons. The van der Waals surface area contributed by atoms with Crippen LogP contribution in [-0.4, -0.2) is 37.1 Å². The molecule has 0 unspecified atom stereocenters. The number of carbonyl (C=O) groups excluding carboxylic acids is 1. The van der Waals surface area contributed by atoms with E-state index in [1.165, 1.54) is 24.0 Å². The largest absolute Gasteiger partial charge is 0.378 e. The number of nitrogens with zero attached hydrogens (tertiary/aromatic N) is 1. The highest BCUT2D eigenvalue weighted by Gasteiger charge is 2.27. The Bertz CT molecular complexity index is 739. The number of morpholine rings is 1. The highest BCUT2D eigenvalue weighted by atomic mass is 16.5. The van der Waals surface area contributed by atoms with E-state index < -0.39 is 0 Å². The summed E-state index contributed by atoms with van der Waals surface area (Å²) in [5.74, 6) is 0.120. The maximum Gasteiger partial charge on any atom is 0.249 e. The number of carbonyl (C=O) groups is 1. The number of amides is 1. The van der Waals surface area contributed by atoms with Crippen molar-refractivity contribution in [1.29, 1.82) is 0 Å². The van der Waals surface area contributed by atoms with Crippen molar-refractivity contribution in [2.75, 3.05) is 31.6 Å². The summed E-state index contributed by atoms with van der Waals surface area (Å²) in [6, 6.07) is 16.1. The molecule has 0 bridgehead atoms. The predicted octanol–water partition coefficient (Wildman–Crippen LogP) is 3.19. The first kappa shape index (κ1) is 16.2. The van der Waals surface area contributed by atoms with Crippen molar-refractivity contribution >= 4 is 11.6 Å². The van der Waals surface area contributed by atoms with Gasteiger partial charge in [0.2, 0.25) is 5.91 Å². The Hall–Kier alpha value is -2.33. The summed E-state index contributed by atoms with van der Waals surface area (Å²) >= 11 is 0. The van der Waals surface area contributed by atoms with Gasteiger partial charge in [-0.2, -0.15) is 0 Å². The second kappa shape index (κ2) is 7.28. The van der Waals surface area contributed by atoms with Crippen LogP contribution in [0.4, 0.5) is 5.69 Å². The normalized spacial score (nSPS) is 17.8. The number of rotatable bonds is 4. The van der Waals surface area contributed by atoms with Crippen molar-refractivity contribution in [1.82, 2.24) is 4.90 Å². The molecule has 1 amide bonds. The van der Waals surface area contributed by atoms with Crippen molar-refractivity contribution < 1.29 is 9.53 Å². The van der Waals surface area contributed by atoms with Crippen molar-refractivity contribution in [3.63, 3.8) is 0 Å². The Labute approximate surface area is 148 Å². The number of nitrogens with one attached hydrogen (secondary N) is 1. The minimum absolute atomic E-state index is 0.120. The van der Waals surface area contributed by atoms with Crippen LogP contribution in [0.15, 0.2) is 48.5 Å². The Morgan fingerprint density at radius 3 is 2.56 bits per heavy atom. The molecule has 4 rings (SSSR count). The molecule has 1 N–H and O–H groups in total. The van der Waals surface area contributed by atoms with Crippen LogP contribution >= 0.6 is 0 Å². The van der Waals surface area contributed by atoms with Crippen molar-refractivity contribution in [3.8, 4) is 0 Å². The van der Waals surface area contributed by atoms with Gasteiger partial charge in [-0.3, -0.25) is 4.79 Å². The van der Waals surface area contributed by atoms with Crippen molar-refractivity contribution in [2.24, 2.45) is 0 Å². The number of benzene rings is 2. The zero-order chi connectivity index (χ0) is 17.1. The molecule has 2 aliphatic rings. The van der Waals surface area contributed by atoms with Gasteiger partial charge >= 0.3 is 0 Å². The molecule has 1 atom stereocenters. The summed E-state index contributed by atoms with van der Waals surface area (Å²) in [4.78, 5) is 15.0. The summed E-state index contributed by atoms with van der Waals surface area (Å²) in [6.45, 7) is 2.56. The van der Waals surface area contributed by atoms with Gasteiger partial charge in [-0.25, -0.2) is 0 Å². The van der Waals surface area contributed by atoms with Crippen LogP contribution in [0.3, 0.4) is 0 Å². The second-order valence-electron chi connectivity index (χ2n) is 6.76. The number of anilines is 1. The summed E-state index contributed by atoms with van der Waals surface area (Å²) in [5.41, 5.74) is 4.88. The topological polar surface area (TPSA) is 41.6 Å². The third-order valence-corrected chi connectivity index (χ3v) is 5.11. The molecule has 1 saturated heterocycles. The number of hydrogen-bond acceptors (Lipinski definition) is 3. The Morgan fingerprint density at radius 1 is 1.00 bits per heavy atom. The van der Waals surface area contributed by atoms with E-state index >= 15 is 0 Å². The summed E-state index contributed by atoms with van der Waals surface area (Å²) in [5, 5.41) is 3.49. The Morgan fingerprint density at radius 2 is 1.76 bits per heavy atom. The highest BCUT2D eigenvalue weighted by molar-refractivity contribution is 5.86. The molecule has 1 aliphatic heterocycles. The third kappa shape index (κ3) is 3.54. The van der Waals surface area contributed by atoms with Crippen molar-refractivity contribution in [2.45, 2.75) is 25.3 Å². The zero-order valence-corrected chi connectivity index (χ0v) is 14.4. The fraction of sp³-hybridized carbons (Fsp3) is 0.381. The minimum atomic E-state index is -0.362. The maximum absolute atomic E-state index is 13.1. The van der Waals surface area contributed by atoms with E-state index in [-0.39, 0.29) is 11.9 Å². The Kier molecular flexibility index (Phi) is 4.70. The number of ether oxygens (including phenoxy) is 1. The summed E-state index contributed by atoms with van der Waals surface area (Å²) < 4.78 is 5.39.